The van der Waals surface area contributed by atoms with E-state index in [1.54, 1.807) is 19.1 Å². The van der Waals surface area contributed by atoms with E-state index in [-0.39, 0.29) is 6.42 Å². The fourth-order valence-electron chi connectivity index (χ4n) is 1.79. The van der Waals surface area contributed by atoms with E-state index in [1.165, 1.54) is 6.20 Å². The molecule has 0 atom stereocenters. The summed E-state index contributed by atoms with van der Waals surface area (Å²) in [7, 11) is 0. The number of aromatic nitrogens is 1. The van der Waals surface area contributed by atoms with Crippen LogP contribution in [0, 0.1) is 28.7 Å². The van der Waals surface area contributed by atoms with E-state index in [2.05, 4.69) is 4.98 Å². The molecule has 0 N–H and O–H groups in total. The van der Waals surface area contributed by atoms with Gasteiger partial charge in [0.1, 0.15) is 5.82 Å². The average molecular weight is 292 g/mol. The number of carbonyl (C=O) groups is 1. The lowest BCUT2D eigenvalue weighted by atomic mass is 10.0. The van der Waals surface area contributed by atoms with Gasteiger partial charge in [0.15, 0.2) is 5.78 Å². The van der Waals surface area contributed by atoms with Gasteiger partial charge in [0.2, 0.25) is 5.82 Å². The monoisotopic (exact) mass is 292 g/mol. The summed E-state index contributed by atoms with van der Waals surface area (Å²) in [5, 5.41) is 10.6. The molecule has 108 valence electrons. The molecule has 1 aromatic heterocycles. The summed E-state index contributed by atoms with van der Waals surface area (Å²) in [4.78, 5) is 25.6. The number of aryl methyl sites for hydroxylation is 1. The molecule has 2 aromatic rings. The summed E-state index contributed by atoms with van der Waals surface area (Å²) in [5.41, 5.74) is -0.641. The average Bonchev–Trinajstić information content (AvgIpc) is 2.41. The molecule has 0 bridgehead atoms. The molecular formula is C14H10F2N2O3. The van der Waals surface area contributed by atoms with Crippen LogP contribution in [0.25, 0.3) is 0 Å². The van der Waals surface area contributed by atoms with E-state index in [4.69, 9.17) is 0 Å². The Balaban J connectivity index is 2.37. The number of pyridine rings is 1. The fourth-order valence-corrected chi connectivity index (χ4v) is 1.79. The number of nitro groups is 1. The van der Waals surface area contributed by atoms with Crippen LogP contribution in [0.2, 0.25) is 0 Å². The number of benzene rings is 1. The second kappa shape index (κ2) is 5.74. The number of halogens is 2. The Labute approximate surface area is 118 Å². The number of rotatable bonds is 4. The fraction of sp³-hybridized carbons (Fsp3) is 0.143. The number of nitro benzene ring substituents is 1. The van der Waals surface area contributed by atoms with Gasteiger partial charge < -0.3 is 0 Å². The van der Waals surface area contributed by atoms with E-state index < -0.39 is 33.6 Å². The van der Waals surface area contributed by atoms with Crippen LogP contribution in [0.15, 0.2) is 30.5 Å². The van der Waals surface area contributed by atoms with Crippen molar-refractivity contribution in [2.75, 3.05) is 0 Å². The molecule has 0 saturated carbocycles. The van der Waals surface area contributed by atoms with Gasteiger partial charge in [0, 0.05) is 18.0 Å². The minimum atomic E-state index is -1.46. The molecule has 1 heterocycles. The van der Waals surface area contributed by atoms with Crippen molar-refractivity contribution in [2.45, 2.75) is 13.3 Å². The molecule has 1 aromatic carbocycles. The molecule has 5 nitrogen and oxygen atoms in total. The first-order valence-electron chi connectivity index (χ1n) is 5.97. The minimum Gasteiger partial charge on any atom is -0.294 e. The van der Waals surface area contributed by atoms with Crippen LogP contribution in [0.3, 0.4) is 0 Å². The molecule has 0 aliphatic heterocycles. The highest BCUT2D eigenvalue weighted by molar-refractivity contribution is 5.98. The Morgan fingerprint density at radius 3 is 2.57 bits per heavy atom. The van der Waals surface area contributed by atoms with Crippen molar-refractivity contribution in [1.82, 2.24) is 4.98 Å². The first kappa shape index (κ1) is 14.7. The third-order valence-electron chi connectivity index (χ3n) is 2.86. The van der Waals surface area contributed by atoms with E-state index in [0.717, 1.165) is 5.56 Å². The quantitative estimate of drug-likeness (QED) is 0.493. The molecule has 0 amide bonds. The lowest BCUT2D eigenvalue weighted by Crippen LogP contribution is -2.11. The maximum absolute atomic E-state index is 13.9. The number of ketones is 1. The Kier molecular flexibility index (Phi) is 4.02. The minimum absolute atomic E-state index is 0.330. The summed E-state index contributed by atoms with van der Waals surface area (Å²) < 4.78 is 27.5. The summed E-state index contributed by atoms with van der Waals surface area (Å²) in [6.07, 6.45) is 1.18. The summed E-state index contributed by atoms with van der Waals surface area (Å²) in [5.74, 6) is -3.49. The smallest absolute Gasteiger partial charge is 0.294 e. The van der Waals surface area contributed by atoms with Crippen molar-refractivity contribution in [1.29, 1.82) is 0 Å². The molecule has 0 radical (unpaired) electrons. The molecule has 0 unspecified atom stereocenters. The van der Waals surface area contributed by atoms with Gasteiger partial charge in [-0.1, -0.05) is 6.07 Å². The number of Topliss-reactive ketones (excluding diaryl/α,β-unsaturated/α-hetero) is 1. The van der Waals surface area contributed by atoms with Crippen LogP contribution >= 0.6 is 0 Å². The van der Waals surface area contributed by atoms with Crippen molar-refractivity contribution in [3.8, 4) is 0 Å². The van der Waals surface area contributed by atoms with Crippen molar-refractivity contribution >= 4 is 11.5 Å². The predicted molar refractivity (Wildman–Crippen MR) is 70.0 cm³/mol. The van der Waals surface area contributed by atoms with Crippen LogP contribution in [0.5, 0.6) is 0 Å². The van der Waals surface area contributed by atoms with Gasteiger partial charge in [0.25, 0.3) is 0 Å². The predicted octanol–water partition coefficient (Wildman–Crippen LogP) is 3.00. The van der Waals surface area contributed by atoms with E-state index in [1.807, 2.05) is 0 Å². The van der Waals surface area contributed by atoms with Crippen LogP contribution in [-0.4, -0.2) is 15.7 Å². The van der Waals surface area contributed by atoms with Gasteiger partial charge in [-0.3, -0.25) is 19.9 Å². The van der Waals surface area contributed by atoms with Gasteiger partial charge in [-0.25, -0.2) is 4.39 Å². The topological polar surface area (TPSA) is 73.1 Å². The van der Waals surface area contributed by atoms with Crippen LogP contribution in [-0.2, 0) is 6.42 Å². The summed E-state index contributed by atoms with van der Waals surface area (Å²) in [6.45, 7) is 1.80. The molecule has 21 heavy (non-hydrogen) atoms. The van der Waals surface area contributed by atoms with Gasteiger partial charge in [-0.2, -0.15) is 4.39 Å². The third-order valence-corrected chi connectivity index (χ3v) is 2.86. The van der Waals surface area contributed by atoms with Crippen molar-refractivity contribution in [3.63, 3.8) is 0 Å². The second-order valence-corrected chi connectivity index (χ2v) is 4.44. The standard InChI is InChI=1S/C14H10F2N2O3/c1-8-2-3-9(17-7-8)6-12(19)13-10(15)4-5-11(14(13)16)18(20)21/h2-5,7H,6H2,1H3. The van der Waals surface area contributed by atoms with Crippen molar-refractivity contribution < 1.29 is 18.5 Å². The van der Waals surface area contributed by atoms with Crippen molar-refractivity contribution in [3.05, 3.63) is 69.0 Å². The lowest BCUT2D eigenvalue weighted by molar-refractivity contribution is -0.387. The lowest BCUT2D eigenvalue weighted by Gasteiger charge is -2.05. The Morgan fingerprint density at radius 1 is 1.29 bits per heavy atom. The molecule has 0 fully saturated rings. The van der Waals surface area contributed by atoms with E-state index in [9.17, 15) is 23.7 Å². The zero-order valence-electron chi connectivity index (χ0n) is 11.0. The second-order valence-electron chi connectivity index (χ2n) is 4.44. The highest BCUT2D eigenvalue weighted by Gasteiger charge is 2.26. The van der Waals surface area contributed by atoms with Crippen LogP contribution in [0.4, 0.5) is 14.5 Å². The molecule has 0 spiro atoms. The molecule has 0 saturated heterocycles. The Morgan fingerprint density at radius 2 is 2.00 bits per heavy atom. The maximum Gasteiger partial charge on any atom is 0.305 e. The van der Waals surface area contributed by atoms with E-state index in [0.29, 0.717) is 17.8 Å². The maximum atomic E-state index is 13.9. The highest BCUT2D eigenvalue weighted by atomic mass is 19.1. The molecular weight excluding hydrogens is 282 g/mol. The summed E-state index contributed by atoms with van der Waals surface area (Å²) in [6, 6.07) is 4.65. The number of nitrogens with zero attached hydrogens (tertiary/aromatic N) is 2. The first-order chi connectivity index (χ1) is 9.90. The normalized spacial score (nSPS) is 10.4. The largest absolute Gasteiger partial charge is 0.305 e. The summed E-state index contributed by atoms with van der Waals surface area (Å²) >= 11 is 0. The Hall–Kier alpha value is -2.70. The molecule has 0 aliphatic carbocycles. The Bertz CT molecular complexity index is 715. The highest BCUT2D eigenvalue weighted by Crippen LogP contribution is 2.24. The molecule has 0 aliphatic rings. The van der Waals surface area contributed by atoms with Crippen LogP contribution in [0.1, 0.15) is 21.6 Å². The molecule has 2 rings (SSSR count). The van der Waals surface area contributed by atoms with Gasteiger partial charge >= 0.3 is 5.69 Å². The van der Waals surface area contributed by atoms with Gasteiger partial charge in [0.05, 0.1) is 16.9 Å². The number of hydrogen-bond acceptors (Lipinski definition) is 4. The third kappa shape index (κ3) is 3.07. The van der Waals surface area contributed by atoms with E-state index >= 15 is 0 Å². The zero-order valence-corrected chi connectivity index (χ0v) is 11.0. The SMILES string of the molecule is Cc1ccc(CC(=O)c2c(F)ccc([N+](=O)[O-])c2F)nc1. The zero-order chi connectivity index (χ0) is 15.6. The van der Waals surface area contributed by atoms with Gasteiger partial charge in [-0.15, -0.1) is 0 Å². The van der Waals surface area contributed by atoms with Crippen LogP contribution < -0.4 is 0 Å². The number of carbonyl (C=O) groups excluding carboxylic acids is 1. The molecule has 7 heteroatoms. The van der Waals surface area contributed by atoms with Crippen molar-refractivity contribution in [2.24, 2.45) is 0 Å². The van der Waals surface area contributed by atoms with Gasteiger partial charge in [-0.05, 0) is 24.6 Å². The first-order valence-corrected chi connectivity index (χ1v) is 5.97. The number of hydrogen-bond donors (Lipinski definition) is 0.